The molecule has 2 fully saturated rings. The molecule has 2 aliphatic rings. The first-order chi connectivity index (χ1) is 21.0. The normalized spacial score (nSPS) is 20.7. The number of hydrogen-bond acceptors (Lipinski definition) is 10. The lowest BCUT2D eigenvalue weighted by atomic mass is 10.1. The summed E-state index contributed by atoms with van der Waals surface area (Å²) >= 11 is 13.8. The Morgan fingerprint density at radius 2 is 1.98 bits per heavy atom. The molecular formula is C27H28Cl2N8O6S. The fourth-order valence-corrected chi connectivity index (χ4v) is 6.48. The molecule has 17 heteroatoms. The van der Waals surface area contributed by atoms with E-state index in [1.54, 1.807) is 23.6 Å². The van der Waals surface area contributed by atoms with Crippen LogP contribution in [0.3, 0.4) is 0 Å². The number of hydrogen-bond donors (Lipinski definition) is 3. The summed E-state index contributed by atoms with van der Waals surface area (Å²) in [6.07, 6.45) is 1.14. The number of nitrogens with one attached hydrogen (secondary N) is 2. The summed E-state index contributed by atoms with van der Waals surface area (Å²) in [6, 6.07) is 2.50. The number of Topliss-reactive ketones (excluding diaryl/α,β-unsaturated/α-hetero) is 1. The van der Waals surface area contributed by atoms with Crippen LogP contribution in [0.2, 0.25) is 10.0 Å². The number of fused-ring (bicyclic) bond motifs is 1. The monoisotopic (exact) mass is 662 g/mol. The first kappa shape index (κ1) is 31.5. The van der Waals surface area contributed by atoms with Gasteiger partial charge < -0.3 is 20.6 Å². The maximum Gasteiger partial charge on any atom is 0.305 e. The summed E-state index contributed by atoms with van der Waals surface area (Å²) in [5.41, 5.74) is 1.14. The van der Waals surface area contributed by atoms with Crippen molar-refractivity contribution in [2.75, 3.05) is 6.54 Å². The van der Waals surface area contributed by atoms with Crippen LogP contribution in [-0.2, 0) is 32.1 Å². The molecule has 0 spiro atoms. The van der Waals surface area contributed by atoms with Gasteiger partial charge in [-0.3, -0.25) is 24.0 Å². The molecule has 1 aromatic carbocycles. The minimum Gasteiger partial charge on any atom is -0.481 e. The van der Waals surface area contributed by atoms with E-state index < -0.39 is 60.1 Å². The highest BCUT2D eigenvalue weighted by Gasteiger charge is 2.63. The topological polar surface area (TPSA) is 189 Å². The lowest BCUT2D eigenvalue weighted by molar-refractivity contribution is -0.144. The number of benzene rings is 1. The third-order valence-electron chi connectivity index (χ3n) is 7.94. The summed E-state index contributed by atoms with van der Waals surface area (Å²) in [6.45, 7) is 1.32. The van der Waals surface area contributed by atoms with E-state index in [0.717, 1.165) is 0 Å². The number of carbonyl (C=O) groups is 5. The molecule has 0 radical (unpaired) electrons. The Bertz CT molecular complexity index is 1580. The van der Waals surface area contributed by atoms with Crippen molar-refractivity contribution in [1.29, 1.82) is 0 Å². The van der Waals surface area contributed by atoms with Crippen molar-refractivity contribution in [2.45, 2.75) is 63.2 Å². The molecule has 3 amide bonds. The van der Waals surface area contributed by atoms with Crippen molar-refractivity contribution in [3.8, 4) is 0 Å². The second-order valence-corrected chi connectivity index (χ2v) is 12.3. The molecule has 1 saturated heterocycles. The van der Waals surface area contributed by atoms with E-state index >= 15 is 0 Å². The number of carboxylic acids is 1. The standard InChI is InChI=1S/C27H28Cl2N8O6S/c1-14(36-7-3-4-15-10-27(15,26(36)43)32-25(42)20-12-44-13-30-20)24(41)31-19(9-23(39)40)21(38)11-37-22(33-34-35-37)8-16-17(28)5-2-6-18(16)29/h2,5-6,12-15,19H,3-4,7-11H2,1H3,(H,31,41)(H,32,42)(H,39,40)/t14?,15-,19?,27-/m1/s1. The number of aromatic nitrogens is 5. The summed E-state index contributed by atoms with van der Waals surface area (Å²) in [5, 5.41) is 28.6. The predicted octanol–water partition coefficient (Wildman–Crippen LogP) is 1.76. The van der Waals surface area contributed by atoms with Crippen LogP contribution in [0.5, 0.6) is 0 Å². The number of aliphatic carboxylic acids is 1. The van der Waals surface area contributed by atoms with Gasteiger partial charge in [0.05, 0.1) is 18.0 Å². The Morgan fingerprint density at radius 3 is 2.66 bits per heavy atom. The van der Waals surface area contributed by atoms with Gasteiger partial charge in [-0.2, -0.15) is 0 Å². The maximum atomic E-state index is 13.7. The molecule has 3 heterocycles. The predicted molar refractivity (Wildman–Crippen MR) is 157 cm³/mol. The number of nitrogens with zero attached hydrogens (tertiary/aromatic N) is 6. The zero-order chi connectivity index (χ0) is 31.6. The molecule has 1 saturated carbocycles. The number of carboxylic acid groups (broad SMARTS) is 1. The molecule has 0 bridgehead atoms. The van der Waals surface area contributed by atoms with Gasteiger partial charge in [-0.05, 0) is 60.2 Å². The van der Waals surface area contributed by atoms with Gasteiger partial charge in [0, 0.05) is 28.4 Å². The Hall–Kier alpha value is -3.95. The molecule has 44 heavy (non-hydrogen) atoms. The van der Waals surface area contributed by atoms with Crippen LogP contribution < -0.4 is 10.6 Å². The molecule has 1 aliphatic heterocycles. The minimum atomic E-state index is -1.43. The lowest BCUT2D eigenvalue weighted by Gasteiger charge is -2.32. The number of carbonyl (C=O) groups excluding carboxylic acids is 4. The van der Waals surface area contributed by atoms with E-state index in [2.05, 4.69) is 31.1 Å². The van der Waals surface area contributed by atoms with Crippen LogP contribution in [-0.4, -0.2) is 88.8 Å². The molecule has 5 rings (SSSR count). The minimum absolute atomic E-state index is 0.0645. The fourth-order valence-electron chi connectivity index (χ4n) is 5.42. The van der Waals surface area contributed by atoms with E-state index in [1.807, 2.05) is 0 Å². The number of likely N-dealkylation sites (tertiary alicyclic amines) is 1. The molecule has 3 aromatic rings. The van der Waals surface area contributed by atoms with Crippen LogP contribution in [0.4, 0.5) is 0 Å². The van der Waals surface area contributed by atoms with Gasteiger partial charge in [0.15, 0.2) is 11.6 Å². The van der Waals surface area contributed by atoms with Crippen LogP contribution in [0.15, 0.2) is 29.1 Å². The average Bonchev–Trinajstić information content (AvgIpc) is 3.28. The van der Waals surface area contributed by atoms with Gasteiger partial charge in [-0.15, -0.1) is 16.4 Å². The van der Waals surface area contributed by atoms with Crippen molar-refractivity contribution in [1.82, 2.24) is 40.7 Å². The van der Waals surface area contributed by atoms with Crippen LogP contribution in [0, 0.1) is 5.92 Å². The molecule has 2 aromatic heterocycles. The number of ketones is 1. The first-order valence-corrected chi connectivity index (χ1v) is 15.4. The van der Waals surface area contributed by atoms with Gasteiger partial charge in [-0.25, -0.2) is 9.67 Å². The van der Waals surface area contributed by atoms with Gasteiger partial charge >= 0.3 is 5.97 Å². The van der Waals surface area contributed by atoms with Gasteiger partial charge in [0.1, 0.15) is 23.8 Å². The smallest absolute Gasteiger partial charge is 0.305 e. The highest BCUT2D eigenvalue weighted by Crippen LogP contribution is 2.50. The zero-order valence-corrected chi connectivity index (χ0v) is 25.7. The number of rotatable bonds is 12. The Morgan fingerprint density at radius 1 is 1.23 bits per heavy atom. The molecular weight excluding hydrogens is 635 g/mol. The third kappa shape index (κ3) is 6.59. The number of amides is 3. The summed E-state index contributed by atoms with van der Waals surface area (Å²) in [7, 11) is 0. The van der Waals surface area contributed by atoms with Gasteiger partial charge in [-0.1, -0.05) is 29.3 Å². The molecule has 4 atom stereocenters. The van der Waals surface area contributed by atoms with Gasteiger partial charge in [0.25, 0.3) is 5.91 Å². The number of halogens is 2. The van der Waals surface area contributed by atoms with E-state index in [-0.39, 0.29) is 30.4 Å². The SMILES string of the molecule is CC(C(=O)NC(CC(=O)O)C(=O)Cn1nnnc1Cc1c(Cl)cccc1Cl)N1CCC[C@@H]2C[C@]2(NC(=O)c2cscn2)C1=O. The highest BCUT2D eigenvalue weighted by atomic mass is 35.5. The molecule has 14 nitrogen and oxygen atoms in total. The van der Waals surface area contributed by atoms with Crippen molar-refractivity contribution in [3.05, 3.63) is 56.2 Å². The van der Waals surface area contributed by atoms with Crippen molar-refractivity contribution in [2.24, 2.45) is 5.92 Å². The summed E-state index contributed by atoms with van der Waals surface area (Å²) < 4.78 is 1.19. The van der Waals surface area contributed by atoms with Gasteiger partial charge in [0.2, 0.25) is 11.8 Å². The van der Waals surface area contributed by atoms with Crippen molar-refractivity contribution in [3.63, 3.8) is 0 Å². The Balaban J connectivity index is 1.27. The first-order valence-electron chi connectivity index (χ1n) is 13.7. The second-order valence-electron chi connectivity index (χ2n) is 10.8. The number of thiazole rings is 1. The highest BCUT2D eigenvalue weighted by molar-refractivity contribution is 7.07. The summed E-state index contributed by atoms with van der Waals surface area (Å²) in [4.78, 5) is 70.2. The zero-order valence-electron chi connectivity index (χ0n) is 23.4. The van der Waals surface area contributed by atoms with Crippen LogP contribution in [0.25, 0.3) is 0 Å². The molecule has 1 aliphatic carbocycles. The maximum absolute atomic E-state index is 13.7. The van der Waals surface area contributed by atoms with E-state index in [4.69, 9.17) is 23.2 Å². The fraction of sp³-hybridized carbons (Fsp3) is 0.444. The van der Waals surface area contributed by atoms with E-state index in [9.17, 15) is 29.1 Å². The summed E-state index contributed by atoms with van der Waals surface area (Å²) in [5.74, 6) is -3.37. The third-order valence-corrected chi connectivity index (χ3v) is 9.23. The van der Waals surface area contributed by atoms with E-state index in [0.29, 0.717) is 34.9 Å². The van der Waals surface area contributed by atoms with E-state index in [1.165, 1.54) is 33.4 Å². The lowest BCUT2D eigenvalue weighted by Crippen LogP contribution is -2.58. The Labute approximate surface area is 265 Å². The van der Waals surface area contributed by atoms with Crippen LogP contribution in [0.1, 0.15) is 54.5 Å². The molecule has 232 valence electrons. The Kier molecular flexibility index (Phi) is 9.27. The quantitative estimate of drug-likeness (QED) is 0.258. The second kappa shape index (κ2) is 13.0. The molecule has 2 unspecified atom stereocenters. The largest absolute Gasteiger partial charge is 0.481 e. The number of tetrazole rings is 1. The van der Waals surface area contributed by atoms with Crippen molar-refractivity contribution >= 4 is 64.0 Å². The molecule has 3 N–H and O–H groups in total. The average molecular weight is 664 g/mol. The van der Waals surface area contributed by atoms with Crippen molar-refractivity contribution < 1.29 is 29.1 Å². The van der Waals surface area contributed by atoms with Crippen LogP contribution >= 0.6 is 34.5 Å².